The molecule has 2 saturated carbocycles. The molecule has 3 heteroatoms. The SMILES string of the molecule is OC(CN1C2CCCCC2C2CCCCC21)c1ccc(Cl)cc1. The maximum atomic E-state index is 10.8. The quantitative estimate of drug-likeness (QED) is 0.858. The van der Waals surface area contributed by atoms with Gasteiger partial charge in [-0.2, -0.15) is 0 Å². The minimum absolute atomic E-state index is 0.393. The number of rotatable bonds is 3. The van der Waals surface area contributed by atoms with Crippen molar-refractivity contribution in [3.63, 3.8) is 0 Å². The molecule has 1 heterocycles. The molecular formula is C20H28ClNO. The van der Waals surface area contributed by atoms with Gasteiger partial charge in [0.1, 0.15) is 0 Å². The smallest absolute Gasteiger partial charge is 0.0917 e. The molecule has 3 fully saturated rings. The Morgan fingerprint density at radius 2 is 1.43 bits per heavy atom. The summed E-state index contributed by atoms with van der Waals surface area (Å²) in [6.45, 7) is 0.796. The minimum atomic E-state index is -0.393. The van der Waals surface area contributed by atoms with Gasteiger partial charge in [0.05, 0.1) is 6.10 Å². The van der Waals surface area contributed by atoms with Gasteiger partial charge in [0.15, 0.2) is 0 Å². The molecule has 1 N–H and O–H groups in total. The van der Waals surface area contributed by atoms with E-state index < -0.39 is 6.10 Å². The highest BCUT2D eigenvalue weighted by Gasteiger charge is 2.49. The molecule has 0 bridgehead atoms. The maximum absolute atomic E-state index is 10.8. The van der Waals surface area contributed by atoms with Gasteiger partial charge in [0.2, 0.25) is 0 Å². The number of fused-ring (bicyclic) bond motifs is 3. The summed E-state index contributed by atoms with van der Waals surface area (Å²) in [5.74, 6) is 1.79. The number of aliphatic hydroxyl groups is 1. The van der Waals surface area contributed by atoms with Crippen LogP contribution in [-0.2, 0) is 0 Å². The summed E-state index contributed by atoms with van der Waals surface area (Å²) >= 11 is 5.98. The second kappa shape index (κ2) is 6.74. The number of aliphatic hydroxyl groups excluding tert-OH is 1. The van der Waals surface area contributed by atoms with Crippen molar-refractivity contribution in [2.24, 2.45) is 11.8 Å². The molecule has 2 aliphatic carbocycles. The van der Waals surface area contributed by atoms with Crippen LogP contribution in [0.5, 0.6) is 0 Å². The Kier molecular flexibility index (Phi) is 4.67. The van der Waals surface area contributed by atoms with Crippen LogP contribution in [0.25, 0.3) is 0 Å². The Balaban J connectivity index is 1.52. The maximum Gasteiger partial charge on any atom is 0.0917 e. The molecule has 1 aliphatic heterocycles. The lowest BCUT2D eigenvalue weighted by Crippen LogP contribution is -2.42. The van der Waals surface area contributed by atoms with E-state index in [4.69, 9.17) is 11.6 Å². The van der Waals surface area contributed by atoms with Gasteiger partial charge in [0.25, 0.3) is 0 Å². The van der Waals surface area contributed by atoms with E-state index in [1.54, 1.807) is 0 Å². The van der Waals surface area contributed by atoms with Crippen molar-refractivity contribution in [2.45, 2.75) is 69.6 Å². The van der Waals surface area contributed by atoms with Gasteiger partial charge in [-0.1, -0.05) is 49.4 Å². The summed E-state index contributed by atoms with van der Waals surface area (Å²) in [6.07, 6.45) is 10.7. The lowest BCUT2D eigenvalue weighted by Gasteiger charge is -2.35. The molecule has 3 aliphatic rings. The zero-order valence-electron chi connectivity index (χ0n) is 13.8. The van der Waals surface area contributed by atoms with Crippen LogP contribution < -0.4 is 0 Å². The molecule has 1 aromatic rings. The van der Waals surface area contributed by atoms with Crippen LogP contribution in [0.4, 0.5) is 0 Å². The predicted molar refractivity (Wildman–Crippen MR) is 94.6 cm³/mol. The summed E-state index contributed by atoms with van der Waals surface area (Å²) < 4.78 is 0. The summed E-state index contributed by atoms with van der Waals surface area (Å²) in [5.41, 5.74) is 1.00. The highest BCUT2D eigenvalue weighted by molar-refractivity contribution is 6.30. The van der Waals surface area contributed by atoms with E-state index in [0.717, 1.165) is 41.1 Å². The van der Waals surface area contributed by atoms with Gasteiger partial charge < -0.3 is 5.11 Å². The van der Waals surface area contributed by atoms with Gasteiger partial charge in [-0.3, -0.25) is 4.90 Å². The molecular weight excluding hydrogens is 306 g/mol. The normalized spacial score (nSPS) is 35.6. The van der Waals surface area contributed by atoms with Crippen molar-refractivity contribution in [1.29, 1.82) is 0 Å². The minimum Gasteiger partial charge on any atom is -0.387 e. The topological polar surface area (TPSA) is 23.5 Å². The highest BCUT2D eigenvalue weighted by Crippen LogP contribution is 2.49. The van der Waals surface area contributed by atoms with E-state index in [2.05, 4.69) is 4.90 Å². The van der Waals surface area contributed by atoms with Crippen LogP contribution in [0.15, 0.2) is 24.3 Å². The van der Waals surface area contributed by atoms with E-state index >= 15 is 0 Å². The first-order valence-electron chi connectivity index (χ1n) is 9.43. The number of β-amino-alcohol motifs (C(OH)–C–C–N with tert-alkyl or cyclic N) is 1. The summed E-state index contributed by atoms with van der Waals surface area (Å²) in [4.78, 5) is 2.70. The monoisotopic (exact) mass is 333 g/mol. The third kappa shape index (κ3) is 3.06. The van der Waals surface area contributed by atoms with Crippen LogP contribution in [0.3, 0.4) is 0 Å². The molecule has 1 aromatic carbocycles. The largest absolute Gasteiger partial charge is 0.387 e. The first-order valence-corrected chi connectivity index (χ1v) is 9.81. The molecule has 1 saturated heterocycles. The zero-order chi connectivity index (χ0) is 15.8. The molecule has 0 amide bonds. The van der Waals surface area contributed by atoms with Gasteiger partial charge in [-0.15, -0.1) is 0 Å². The molecule has 0 aromatic heterocycles. The average molecular weight is 334 g/mol. The second-order valence-electron chi connectivity index (χ2n) is 7.80. The van der Waals surface area contributed by atoms with Crippen LogP contribution in [0.2, 0.25) is 5.02 Å². The Morgan fingerprint density at radius 3 is 2.00 bits per heavy atom. The summed E-state index contributed by atoms with van der Waals surface area (Å²) in [5, 5.41) is 11.5. The molecule has 4 rings (SSSR count). The Hall–Kier alpha value is -0.570. The number of hydrogen-bond donors (Lipinski definition) is 1. The first-order chi connectivity index (χ1) is 11.2. The molecule has 0 spiro atoms. The molecule has 23 heavy (non-hydrogen) atoms. The van der Waals surface area contributed by atoms with E-state index in [0.29, 0.717) is 0 Å². The van der Waals surface area contributed by atoms with Crippen molar-refractivity contribution >= 4 is 11.6 Å². The molecule has 0 radical (unpaired) electrons. The van der Waals surface area contributed by atoms with Crippen LogP contribution in [-0.4, -0.2) is 28.6 Å². The molecule has 2 nitrogen and oxygen atoms in total. The van der Waals surface area contributed by atoms with Crippen LogP contribution in [0, 0.1) is 11.8 Å². The number of nitrogens with zero attached hydrogens (tertiary/aromatic N) is 1. The summed E-state index contributed by atoms with van der Waals surface area (Å²) in [6, 6.07) is 9.16. The third-order valence-corrected chi connectivity index (χ3v) is 6.86. The Morgan fingerprint density at radius 1 is 0.913 bits per heavy atom. The fourth-order valence-corrected chi connectivity index (χ4v) is 5.74. The average Bonchev–Trinajstić information content (AvgIpc) is 2.90. The van der Waals surface area contributed by atoms with Crippen molar-refractivity contribution in [3.8, 4) is 0 Å². The fraction of sp³-hybridized carbons (Fsp3) is 0.700. The van der Waals surface area contributed by atoms with Crippen molar-refractivity contribution in [1.82, 2.24) is 4.90 Å². The van der Waals surface area contributed by atoms with Gasteiger partial charge in [-0.25, -0.2) is 0 Å². The van der Waals surface area contributed by atoms with Crippen molar-refractivity contribution < 1.29 is 5.11 Å². The van der Waals surface area contributed by atoms with Crippen molar-refractivity contribution in [2.75, 3.05) is 6.54 Å². The molecule has 126 valence electrons. The first kappa shape index (κ1) is 15.9. The Bertz CT molecular complexity index is 509. The van der Waals surface area contributed by atoms with Crippen molar-refractivity contribution in [3.05, 3.63) is 34.9 Å². The van der Waals surface area contributed by atoms with E-state index in [1.807, 2.05) is 24.3 Å². The molecule has 5 unspecified atom stereocenters. The lowest BCUT2D eigenvalue weighted by molar-refractivity contribution is 0.0619. The standard InChI is InChI=1S/C20H28ClNO/c21-15-11-9-14(10-12-15)20(23)13-22-18-7-3-1-5-16(18)17-6-2-4-8-19(17)22/h9-12,16-20,23H,1-8,13H2. The second-order valence-corrected chi connectivity index (χ2v) is 8.23. The number of benzene rings is 1. The predicted octanol–water partition coefficient (Wildman–Crippen LogP) is 4.81. The summed E-state index contributed by atoms with van der Waals surface area (Å²) in [7, 11) is 0. The third-order valence-electron chi connectivity index (χ3n) is 6.60. The fourth-order valence-electron chi connectivity index (χ4n) is 5.61. The van der Waals surface area contributed by atoms with E-state index in [1.165, 1.54) is 51.4 Å². The highest BCUT2D eigenvalue weighted by atomic mass is 35.5. The number of halogens is 1. The van der Waals surface area contributed by atoms with E-state index in [-0.39, 0.29) is 0 Å². The van der Waals surface area contributed by atoms with Gasteiger partial charge in [-0.05, 0) is 55.2 Å². The van der Waals surface area contributed by atoms with E-state index in [9.17, 15) is 5.11 Å². The number of likely N-dealkylation sites (tertiary alicyclic amines) is 1. The number of hydrogen-bond acceptors (Lipinski definition) is 2. The van der Waals surface area contributed by atoms with Gasteiger partial charge >= 0.3 is 0 Å². The Labute approximate surface area is 144 Å². The van der Waals surface area contributed by atoms with Gasteiger partial charge in [0, 0.05) is 23.7 Å². The lowest BCUT2D eigenvalue weighted by atomic mass is 9.73. The van der Waals surface area contributed by atoms with Crippen LogP contribution >= 0.6 is 11.6 Å². The van der Waals surface area contributed by atoms with Crippen LogP contribution in [0.1, 0.15) is 63.0 Å². The molecule has 5 atom stereocenters. The zero-order valence-corrected chi connectivity index (χ0v) is 14.6.